The molecule has 1 saturated carbocycles. The summed E-state index contributed by atoms with van der Waals surface area (Å²) in [5.74, 6) is 0.0167. The molecule has 8 nitrogen and oxygen atoms in total. The number of nitrogens with one attached hydrogen (secondary N) is 1. The van der Waals surface area contributed by atoms with Crippen LogP contribution in [-0.2, 0) is 0 Å². The van der Waals surface area contributed by atoms with Crippen molar-refractivity contribution in [3.8, 4) is 0 Å². The van der Waals surface area contributed by atoms with E-state index in [9.17, 15) is 4.79 Å². The molecule has 2 aromatic heterocycles. The third-order valence-electron chi connectivity index (χ3n) is 6.37. The van der Waals surface area contributed by atoms with Crippen LogP contribution >= 0.6 is 0 Å². The van der Waals surface area contributed by atoms with Gasteiger partial charge in [-0.1, -0.05) is 43.5 Å². The molecule has 174 valence electrons. The van der Waals surface area contributed by atoms with Crippen molar-refractivity contribution in [1.82, 2.24) is 20.0 Å². The smallest absolute Gasteiger partial charge is 0.257 e. The molecule has 8 heteroatoms. The van der Waals surface area contributed by atoms with Crippen LogP contribution in [0.25, 0.3) is 22.2 Å². The zero-order chi connectivity index (χ0) is 23.7. The summed E-state index contributed by atoms with van der Waals surface area (Å²) in [5.41, 5.74) is 11.2. The minimum atomic E-state index is -0.219. The molecule has 0 saturated heterocycles. The van der Waals surface area contributed by atoms with Gasteiger partial charge in [-0.3, -0.25) is 4.79 Å². The zero-order valence-electron chi connectivity index (χ0n) is 19.5. The number of anilines is 2. The maximum absolute atomic E-state index is 13.3. The van der Waals surface area contributed by atoms with E-state index in [1.54, 1.807) is 6.21 Å². The Bertz CT molecular complexity index is 1370. The van der Waals surface area contributed by atoms with E-state index in [4.69, 9.17) is 15.7 Å². The minimum Gasteiger partial charge on any atom is -0.383 e. The van der Waals surface area contributed by atoms with E-state index in [-0.39, 0.29) is 17.8 Å². The maximum atomic E-state index is 13.3. The Balaban J connectivity index is 1.58. The van der Waals surface area contributed by atoms with Crippen LogP contribution in [0.3, 0.4) is 0 Å². The average molecular weight is 456 g/mol. The number of hydrogen-bond donors (Lipinski definition) is 2. The van der Waals surface area contributed by atoms with Gasteiger partial charge in [0.15, 0.2) is 5.65 Å². The highest BCUT2D eigenvalue weighted by Crippen LogP contribution is 2.28. The molecule has 34 heavy (non-hydrogen) atoms. The SMILES string of the molecule is CN(C)c1ccc(/C=N/n2c(N)c(C(=O)NC3CCCCC3)c3nc4ccccc4nc32)cc1. The Kier molecular flexibility index (Phi) is 5.88. The molecule has 0 bridgehead atoms. The van der Waals surface area contributed by atoms with Crippen molar-refractivity contribution in [2.75, 3.05) is 24.7 Å². The second-order valence-electron chi connectivity index (χ2n) is 9.00. The fourth-order valence-electron chi connectivity index (χ4n) is 4.48. The first kappa shape index (κ1) is 21.9. The number of amides is 1. The van der Waals surface area contributed by atoms with E-state index in [2.05, 4.69) is 10.4 Å². The summed E-state index contributed by atoms with van der Waals surface area (Å²) < 4.78 is 1.52. The van der Waals surface area contributed by atoms with E-state index in [1.807, 2.05) is 67.5 Å². The Morgan fingerprint density at radius 3 is 2.41 bits per heavy atom. The van der Waals surface area contributed by atoms with E-state index >= 15 is 0 Å². The summed E-state index contributed by atoms with van der Waals surface area (Å²) in [4.78, 5) is 24.9. The van der Waals surface area contributed by atoms with Crippen molar-refractivity contribution in [3.05, 3.63) is 59.7 Å². The lowest BCUT2D eigenvalue weighted by Crippen LogP contribution is -2.36. The molecule has 1 fully saturated rings. The first-order valence-electron chi connectivity index (χ1n) is 11.7. The molecule has 3 N–H and O–H groups in total. The molecule has 0 unspecified atom stereocenters. The van der Waals surface area contributed by atoms with E-state index in [1.165, 1.54) is 11.1 Å². The second-order valence-corrected chi connectivity index (χ2v) is 9.00. The summed E-state index contributed by atoms with van der Waals surface area (Å²) >= 11 is 0. The molecule has 0 radical (unpaired) electrons. The van der Waals surface area contributed by atoms with Crippen molar-refractivity contribution in [3.63, 3.8) is 0 Å². The van der Waals surface area contributed by atoms with Gasteiger partial charge in [0.25, 0.3) is 5.91 Å². The minimum absolute atomic E-state index is 0.158. The van der Waals surface area contributed by atoms with Crippen molar-refractivity contribution >= 4 is 45.8 Å². The number of nitrogen functional groups attached to an aromatic ring is 1. The van der Waals surface area contributed by atoms with E-state index in [0.29, 0.717) is 22.2 Å². The fraction of sp³-hybridized carbons (Fsp3) is 0.308. The summed E-state index contributed by atoms with van der Waals surface area (Å²) in [6.07, 6.45) is 7.16. The van der Waals surface area contributed by atoms with Crippen molar-refractivity contribution in [2.45, 2.75) is 38.1 Å². The number of carbonyl (C=O) groups excluding carboxylic acids is 1. The van der Waals surface area contributed by atoms with Gasteiger partial charge in [-0.2, -0.15) is 9.78 Å². The molecular weight excluding hydrogens is 426 g/mol. The number of benzene rings is 2. The first-order chi connectivity index (χ1) is 16.5. The standard InChI is InChI=1S/C26H29N7O/c1-32(2)19-14-12-17(13-15-19)16-28-33-24(27)22(26(34)29-18-8-4-3-5-9-18)23-25(33)31-21-11-7-6-10-20(21)30-23/h6-7,10-16,18H,3-5,8-9,27H2,1-2H3,(H,29,34)/b28-16+. The number of para-hydroxylation sites is 2. The average Bonchev–Trinajstić information content (AvgIpc) is 3.12. The Morgan fingerprint density at radius 1 is 1.06 bits per heavy atom. The van der Waals surface area contributed by atoms with Crippen LogP contribution in [-0.4, -0.2) is 46.9 Å². The highest BCUT2D eigenvalue weighted by molar-refractivity contribution is 6.10. The summed E-state index contributed by atoms with van der Waals surface area (Å²) in [7, 11) is 4.00. The van der Waals surface area contributed by atoms with Gasteiger partial charge < -0.3 is 16.0 Å². The molecule has 4 aromatic rings. The first-order valence-corrected chi connectivity index (χ1v) is 11.7. The number of hydrogen-bond acceptors (Lipinski definition) is 6. The highest BCUT2D eigenvalue weighted by atomic mass is 16.1. The van der Waals surface area contributed by atoms with Crippen molar-refractivity contribution < 1.29 is 4.79 Å². The normalized spacial score (nSPS) is 14.8. The molecule has 1 aliphatic carbocycles. The molecule has 1 aliphatic rings. The lowest BCUT2D eigenvalue weighted by molar-refractivity contribution is 0.0930. The number of carbonyl (C=O) groups is 1. The molecule has 2 aromatic carbocycles. The number of nitrogens with two attached hydrogens (primary N) is 1. The van der Waals surface area contributed by atoms with E-state index in [0.717, 1.165) is 42.5 Å². The molecule has 0 spiro atoms. The topological polar surface area (TPSA) is 101 Å². The maximum Gasteiger partial charge on any atom is 0.257 e. The molecule has 2 heterocycles. The van der Waals surface area contributed by atoms with Crippen LogP contribution in [0.1, 0.15) is 48.0 Å². The Morgan fingerprint density at radius 2 is 1.74 bits per heavy atom. The van der Waals surface area contributed by atoms with Crippen molar-refractivity contribution in [1.29, 1.82) is 0 Å². The van der Waals surface area contributed by atoms with Gasteiger partial charge in [-0.15, -0.1) is 0 Å². The van der Waals surface area contributed by atoms with Gasteiger partial charge in [-0.05, 0) is 42.7 Å². The van der Waals surface area contributed by atoms with Crippen LogP contribution < -0.4 is 16.0 Å². The van der Waals surface area contributed by atoms with Crippen LogP contribution in [0.4, 0.5) is 11.5 Å². The third kappa shape index (κ3) is 4.19. The highest BCUT2D eigenvalue weighted by Gasteiger charge is 2.26. The summed E-state index contributed by atoms with van der Waals surface area (Å²) in [6.45, 7) is 0. The molecular formula is C26H29N7O. The predicted molar refractivity (Wildman–Crippen MR) is 138 cm³/mol. The summed E-state index contributed by atoms with van der Waals surface area (Å²) in [6, 6.07) is 15.8. The Labute approximate surface area is 198 Å². The number of fused-ring (bicyclic) bond motifs is 2. The number of nitrogens with zero attached hydrogens (tertiary/aromatic N) is 5. The second kappa shape index (κ2) is 9.13. The van der Waals surface area contributed by atoms with E-state index < -0.39 is 0 Å². The van der Waals surface area contributed by atoms with Gasteiger partial charge >= 0.3 is 0 Å². The quantitative estimate of drug-likeness (QED) is 0.440. The van der Waals surface area contributed by atoms with Crippen molar-refractivity contribution in [2.24, 2.45) is 5.10 Å². The number of aromatic nitrogens is 3. The van der Waals surface area contributed by atoms with Gasteiger partial charge in [0.05, 0.1) is 17.2 Å². The van der Waals surface area contributed by atoms with Crippen LogP contribution in [0.2, 0.25) is 0 Å². The van der Waals surface area contributed by atoms with Crippen LogP contribution in [0.15, 0.2) is 53.6 Å². The molecule has 5 rings (SSSR count). The van der Waals surface area contributed by atoms with Gasteiger partial charge in [0.2, 0.25) is 0 Å². The third-order valence-corrected chi connectivity index (χ3v) is 6.37. The summed E-state index contributed by atoms with van der Waals surface area (Å²) in [5, 5.41) is 7.77. The number of rotatable bonds is 5. The lowest BCUT2D eigenvalue weighted by Gasteiger charge is -2.22. The Hall–Kier alpha value is -3.94. The largest absolute Gasteiger partial charge is 0.383 e. The van der Waals surface area contributed by atoms with Gasteiger partial charge in [0.1, 0.15) is 16.9 Å². The van der Waals surface area contributed by atoms with Gasteiger partial charge in [0, 0.05) is 25.8 Å². The molecule has 0 atom stereocenters. The van der Waals surface area contributed by atoms with Crippen LogP contribution in [0, 0.1) is 0 Å². The van der Waals surface area contributed by atoms with Crippen LogP contribution in [0.5, 0.6) is 0 Å². The fourth-order valence-corrected chi connectivity index (χ4v) is 4.48. The predicted octanol–water partition coefficient (Wildman–Crippen LogP) is 4.18. The zero-order valence-corrected chi connectivity index (χ0v) is 19.5. The molecule has 1 amide bonds. The van der Waals surface area contributed by atoms with Gasteiger partial charge in [-0.25, -0.2) is 9.97 Å². The molecule has 0 aliphatic heterocycles. The monoisotopic (exact) mass is 455 g/mol. The lowest BCUT2D eigenvalue weighted by atomic mass is 9.95.